The highest BCUT2D eigenvalue weighted by Crippen LogP contribution is 2.20. The lowest BCUT2D eigenvalue weighted by molar-refractivity contribution is -0.109. The summed E-state index contributed by atoms with van der Waals surface area (Å²) in [5, 5.41) is 0.185. The van der Waals surface area contributed by atoms with Crippen LogP contribution in [0.2, 0.25) is 0 Å². The maximum atomic E-state index is 10.8. The first-order valence-corrected chi connectivity index (χ1v) is 7.69. The third-order valence-electron chi connectivity index (χ3n) is 2.89. The Morgan fingerprint density at radius 3 is 2.55 bits per heavy atom. The molecule has 102 valence electrons. The largest absolute Gasteiger partial charge is 0.288 e. The molecule has 0 atom stereocenters. The first-order valence-electron chi connectivity index (χ1n) is 6.71. The van der Waals surface area contributed by atoms with Crippen LogP contribution in [-0.4, -0.2) is 10.9 Å². The van der Waals surface area contributed by atoms with Crippen molar-refractivity contribution in [3.63, 3.8) is 0 Å². The smallest absolute Gasteiger partial charge is 0.185 e. The second kappa shape index (κ2) is 7.71. The fourth-order valence-electron chi connectivity index (χ4n) is 1.94. The maximum Gasteiger partial charge on any atom is 0.185 e. The van der Waals surface area contributed by atoms with Gasteiger partial charge in [0.15, 0.2) is 5.12 Å². The van der Waals surface area contributed by atoms with Gasteiger partial charge < -0.3 is 0 Å². The van der Waals surface area contributed by atoms with Crippen LogP contribution in [-0.2, 0) is 4.79 Å². The molecule has 0 unspecified atom stereocenters. The summed E-state index contributed by atoms with van der Waals surface area (Å²) in [6, 6.07) is 18.8. The minimum absolute atomic E-state index is 0.185. The normalized spacial score (nSPS) is 10.8. The van der Waals surface area contributed by atoms with Gasteiger partial charge in [0.05, 0.1) is 0 Å². The molecule has 2 aromatic rings. The molecule has 0 aliphatic heterocycles. The molecule has 0 amide bonds. The summed E-state index contributed by atoms with van der Waals surface area (Å²) in [6.45, 7) is 1.61. The molecule has 0 heterocycles. The van der Waals surface area contributed by atoms with Crippen LogP contribution in [0.1, 0.15) is 18.9 Å². The van der Waals surface area contributed by atoms with E-state index in [4.69, 9.17) is 0 Å². The summed E-state index contributed by atoms with van der Waals surface area (Å²) >= 11 is 1.38. The number of carbonyl (C=O) groups excluding carboxylic acids is 1. The van der Waals surface area contributed by atoms with Crippen molar-refractivity contribution in [3.05, 3.63) is 66.2 Å². The molecule has 0 aliphatic rings. The Morgan fingerprint density at radius 2 is 1.80 bits per heavy atom. The van der Waals surface area contributed by atoms with Gasteiger partial charge in [0, 0.05) is 12.7 Å². The molecular formula is C18H18OS. The summed E-state index contributed by atoms with van der Waals surface area (Å²) in [5.41, 5.74) is 3.65. The Bertz CT molecular complexity index is 587. The lowest BCUT2D eigenvalue weighted by Gasteiger charge is -2.02. The number of rotatable bonds is 5. The number of benzene rings is 2. The highest BCUT2D eigenvalue weighted by atomic mass is 32.2. The van der Waals surface area contributed by atoms with Crippen molar-refractivity contribution in [2.45, 2.75) is 13.3 Å². The zero-order valence-electron chi connectivity index (χ0n) is 11.6. The highest BCUT2D eigenvalue weighted by molar-refractivity contribution is 8.13. The summed E-state index contributed by atoms with van der Waals surface area (Å²) in [4.78, 5) is 10.8. The first-order chi connectivity index (χ1) is 9.75. The third kappa shape index (κ3) is 4.71. The zero-order chi connectivity index (χ0) is 14.2. The van der Waals surface area contributed by atoms with Gasteiger partial charge in [0.1, 0.15) is 0 Å². The van der Waals surface area contributed by atoms with Crippen molar-refractivity contribution in [1.29, 1.82) is 0 Å². The predicted molar refractivity (Wildman–Crippen MR) is 88.7 cm³/mol. The summed E-state index contributed by atoms with van der Waals surface area (Å²) in [6.07, 6.45) is 5.16. The molecule has 0 spiro atoms. The number of carbonyl (C=O) groups is 1. The molecule has 0 bridgehead atoms. The number of allylic oxidation sites excluding steroid dienone is 1. The molecule has 0 radical (unpaired) electrons. The molecule has 1 nitrogen and oxygen atoms in total. The quantitative estimate of drug-likeness (QED) is 0.715. The van der Waals surface area contributed by atoms with Gasteiger partial charge in [-0.1, -0.05) is 72.4 Å². The minimum Gasteiger partial charge on any atom is -0.288 e. The minimum atomic E-state index is 0.185. The van der Waals surface area contributed by atoms with Gasteiger partial charge in [-0.3, -0.25) is 4.79 Å². The lowest BCUT2D eigenvalue weighted by Crippen LogP contribution is -1.83. The lowest BCUT2D eigenvalue weighted by atomic mass is 10.0. The summed E-state index contributed by atoms with van der Waals surface area (Å²) in [5.74, 6) is 0.851. The van der Waals surface area contributed by atoms with Crippen LogP contribution >= 0.6 is 11.8 Å². The van der Waals surface area contributed by atoms with Gasteiger partial charge in [-0.25, -0.2) is 0 Å². The Labute approximate surface area is 124 Å². The van der Waals surface area contributed by atoms with E-state index in [1.54, 1.807) is 6.92 Å². The van der Waals surface area contributed by atoms with E-state index in [0.29, 0.717) is 0 Å². The molecular weight excluding hydrogens is 264 g/mol. The molecule has 20 heavy (non-hydrogen) atoms. The van der Waals surface area contributed by atoms with E-state index in [0.717, 1.165) is 12.2 Å². The molecule has 0 N–H and O–H groups in total. The second-order valence-corrected chi connectivity index (χ2v) is 5.79. The van der Waals surface area contributed by atoms with Crippen molar-refractivity contribution in [3.8, 4) is 11.1 Å². The van der Waals surface area contributed by atoms with Crippen LogP contribution < -0.4 is 0 Å². The zero-order valence-corrected chi connectivity index (χ0v) is 12.4. The molecule has 0 aromatic heterocycles. The van der Waals surface area contributed by atoms with Crippen LogP contribution in [0, 0.1) is 0 Å². The van der Waals surface area contributed by atoms with Crippen LogP contribution in [0.25, 0.3) is 17.2 Å². The first kappa shape index (κ1) is 14.6. The van der Waals surface area contributed by atoms with Crippen molar-refractivity contribution in [2.75, 3.05) is 5.75 Å². The Kier molecular flexibility index (Phi) is 5.63. The highest BCUT2D eigenvalue weighted by Gasteiger charge is 1.96. The van der Waals surface area contributed by atoms with Crippen molar-refractivity contribution in [2.24, 2.45) is 0 Å². The average Bonchev–Trinajstić information content (AvgIpc) is 2.48. The Balaban J connectivity index is 2.00. The standard InChI is InChI=1S/C18H18OS/c1-15(19)20-13-6-5-8-16-9-7-12-18(14-16)17-10-3-2-4-11-17/h2-5,7-12,14H,6,13H2,1H3. The molecule has 2 aromatic carbocycles. The number of hydrogen-bond acceptors (Lipinski definition) is 2. The van der Waals surface area contributed by atoms with Gasteiger partial charge in [-0.15, -0.1) is 0 Å². The van der Waals surface area contributed by atoms with Crippen LogP contribution in [0.4, 0.5) is 0 Å². The molecule has 0 saturated carbocycles. The SMILES string of the molecule is CC(=O)SCCC=Cc1cccc(-c2ccccc2)c1. The van der Waals surface area contributed by atoms with Gasteiger partial charge in [-0.2, -0.15) is 0 Å². The fourth-order valence-corrected chi connectivity index (χ4v) is 2.48. The van der Waals surface area contributed by atoms with E-state index in [-0.39, 0.29) is 5.12 Å². The van der Waals surface area contributed by atoms with E-state index in [9.17, 15) is 4.79 Å². The third-order valence-corrected chi connectivity index (χ3v) is 3.74. The molecule has 2 rings (SSSR count). The molecule has 0 aliphatic carbocycles. The summed E-state index contributed by atoms with van der Waals surface area (Å²) in [7, 11) is 0. The van der Waals surface area contributed by atoms with Crippen molar-refractivity contribution in [1.82, 2.24) is 0 Å². The average molecular weight is 282 g/mol. The van der Waals surface area contributed by atoms with Crippen LogP contribution in [0.15, 0.2) is 60.7 Å². The van der Waals surface area contributed by atoms with E-state index < -0.39 is 0 Å². The van der Waals surface area contributed by atoms with Crippen molar-refractivity contribution >= 4 is 23.0 Å². The van der Waals surface area contributed by atoms with Crippen molar-refractivity contribution < 1.29 is 4.79 Å². The molecule has 2 heteroatoms. The Morgan fingerprint density at radius 1 is 1.05 bits per heavy atom. The fraction of sp³-hybridized carbons (Fsp3) is 0.167. The Hall–Kier alpha value is -1.80. The van der Waals surface area contributed by atoms with E-state index in [1.165, 1.54) is 28.5 Å². The van der Waals surface area contributed by atoms with E-state index in [2.05, 4.69) is 60.7 Å². The predicted octanol–water partition coefficient (Wildman–Crippen LogP) is 5.04. The summed E-state index contributed by atoms with van der Waals surface area (Å²) < 4.78 is 0. The van der Waals surface area contributed by atoms with E-state index >= 15 is 0 Å². The van der Waals surface area contributed by atoms with E-state index in [1.807, 2.05) is 6.07 Å². The van der Waals surface area contributed by atoms with Gasteiger partial charge in [0.2, 0.25) is 0 Å². The number of hydrogen-bond donors (Lipinski definition) is 0. The molecule has 0 saturated heterocycles. The van der Waals surface area contributed by atoms with Gasteiger partial charge in [0.25, 0.3) is 0 Å². The van der Waals surface area contributed by atoms with Gasteiger partial charge in [-0.05, 0) is 29.2 Å². The van der Waals surface area contributed by atoms with Crippen LogP contribution in [0.5, 0.6) is 0 Å². The van der Waals surface area contributed by atoms with Gasteiger partial charge >= 0.3 is 0 Å². The maximum absolute atomic E-state index is 10.8. The van der Waals surface area contributed by atoms with Crippen LogP contribution in [0.3, 0.4) is 0 Å². The topological polar surface area (TPSA) is 17.1 Å². The molecule has 0 fully saturated rings. The monoisotopic (exact) mass is 282 g/mol. The second-order valence-electron chi connectivity index (χ2n) is 4.52. The number of thioether (sulfide) groups is 1.